The Bertz CT molecular complexity index is 221. The van der Waals surface area contributed by atoms with Crippen molar-refractivity contribution in [2.24, 2.45) is 0 Å². The first-order valence-electron chi connectivity index (χ1n) is 3.63. The molecule has 1 rings (SSSR count). The van der Waals surface area contributed by atoms with Gasteiger partial charge in [-0.1, -0.05) is 26.0 Å². The van der Waals surface area contributed by atoms with Crippen LogP contribution in [0.3, 0.4) is 0 Å². The fourth-order valence-corrected chi connectivity index (χ4v) is 0.632. The van der Waals surface area contributed by atoms with Crippen LogP contribution in [0.2, 0.25) is 0 Å². The molecule has 0 saturated carbocycles. The van der Waals surface area contributed by atoms with Gasteiger partial charge in [-0.2, -0.15) is 0 Å². The summed E-state index contributed by atoms with van der Waals surface area (Å²) in [5.41, 5.74) is 6.62. The van der Waals surface area contributed by atoms with E-state index in [1.807, 2.05) is 13.8 Å². The van der Waals surface area contributed by atoms with E-state index in [1.165, 1.54) is 0 Å². The standard InChI is InChI=1S/C7H7NO.C2H6/c8-7-3-1-2-6(4-7)5-9;1-2/h1-5H,8H2;1-2H3. The Morgan fingerprint density at radius 2 is 2.00 bits per heavy atom. The van der Waals surface area contributed by atoms with Crippen LogP contribution in [0.4, 0.5) is 5.69 Å². The van der Waals surface area contributed by atoms with Crippen LogP contribution in [0.5, 0.6) is 0 Å². The summed E-state index contributed by atoms with van der Waals surface area (Å²) in [6.07, 6.45) is 0.774. The maximum atomic E-state index is 10.1. The number of nitrogens with two attached hydrogens (primary N) is 1. The lowest BCUT2D eigenvalue weighted by Crippen LogP contribution is -1.85. The molecule has 11 heavy (non-hydrogen) atoms. The monoisotopic (exact) mass is 151 g/mol. The number of hydrogen-bond acceptors (Lipinski definition) is 2. The van der Waals surface area contributed by atoms with E-state index in [0.29, 0.717) is 11.3 Å². The number of aldehydes is 1. The van der Waals surface area contributed by atoms with E-state index < -0.39 is 0 Å². The van der Waals surface area contributed by atoms with Gasteiger partial charge in [0.15, 0.2) is 0 Å². The van der Waals surface area contributed by atoms with Gasteiger partial charge in [0.2, 0.25) is 0 Å². The highest BCUT2D eigenvalue weighted by Gasteiger charge is 1.86. The van der Waals surface area contributed by atoms with Crippen LogP contribution in [-0.2, 0) is 0 Å². The molecule has 0 saturated heterocycles. The lowest BCUT2D eigenvalue weighted by molar-refractivity contribution is 0.112. The van der Waals surface area contributed by atoms with Crippen LogP contribution in [0.25, 0.3) is 0 Å². The Hall–Kier alpha value is -1.31. The SMILES string of the molecule is CC.Nc1cccc(C=O)c1. The summed E-state index contributed by atoms with van der Waals surface area (Å²) in [5, 5.41) is 0. The summed E-state index contributed by atoms with van der Waals surface area (Å²) in [7, 11) is 0. The second-order valence-electron chi connectivity index (χ2n) is 1.79. The number of anilines is 1. The van der Waals surface area contributed by atoms with Crippen molar-refractivity contribution in [2.45, 2.75) is 13.8 Å². The highest BCUT2D eigenvalue weighted by atomic mass is 16.1. The highest BCUT2D eigenvalue weighted by Crippen LogP contribution is 2.02. The van der Waals surface area contributed by atoms with Crippen LogP contribution in [-0.4, -0.2) is 6.29 Å². The second-order valence-corrected chi connectivity index (χ2v) is 1.79. The molecule has 2 heteroatoms. The predicted molar refractivity (Wildman–Crippen MR) is 47.6 cm³/mol. The van der Waals surface area contributed by atoms with E-state index in [0.717, 1.165) is 6.29 Å². The van der Waals surface area contributed by atoms with Crippen LogP contribution >= 0.6 is 0 Å². The van der Waals surface area contributed by atoms with E-state index in [4.69, 9.17) is 5.73 Å². The minimum atomic E-state index is 0.620. The van der Waals surface area contributed by atoms with E-state index in [2.05, 4.69) is 0 Å². The fourth-order valence-electron chi connectivity index (χ4n) is 0.632. The van der Waals surface area contributed by atoms with Crippen LogP contribution < -0.4 is 5.73 Å². The van der Waals surface area contributed by atoms with E-state index in [-0.39, 0.29) is 0 Å². The smallest absolute Gasteiger partial charge is 0.150 e. The van der Waals surface area contributed by atoms with Crippen molar-refractivity contribution in [3.05, 3.63) is 29.8 Å². The Morgan fingerprint density at radius 3 is 2.36 bits per heavy atom. The third-order valence-electron chi connectivity index (χ3n) is 1.05. The molecule has 0 heterocycles. The van der Waals surface area contributed by atoms with E-state index >= 15 is 0 Å². The topological polar surface area (TPSA) is 43.1 Å². The molecule has 0 bridgehead atoms. The molecule has 0 unspecified atom stereocenters. The second kappa shape index (κ2) is 5.47. The molecule has 2 nitrogen and oxygen atoms in total. The van der Waals surface area contributed by atoms with Crippen molar-refractivity contribution in [3.8, 4) is 0 Å². The van der Waals surface area contributed by atoms with Gasteiger partial charge in [0.05, 0.1) is 0 Å². The lowest BCUT2D eigenvalue weighted by Gasteiger charge is -1.90. The van der Waals surface area contributed by atoms with Gasteiger partial charge < -0.3 is 5.73 Å². The average Bonchev–Trinajstić information content (AvgIpc) is 2.08. The van der Waals surface area contributed by atoms with Crippen molar-refractivity contribution >= 4 is 12.0 Å². The number of carbonyl (C=O) groups is 1. The van der Waals surface area contributed by atoms with Crippen LogP contribution in [0.1, 0.15) is 24.2 Å². The first-order chi connectivity index (χ1) is 5.33. The molecule has 0 aliphatic carbocycles. The van der Waals surface area contributed by atoms with Gasteiger partial charge in [0, 0.05) is 11.3 Å². The zero-order valence-electron chi connectivity index (χ0n) is 6.87. The van der Waals surface area contributed by atoms with Crippen molar-refractivity contribution in [1.82, 2.24) is 0 Å². The Kier molecular flexibility index (Phi) is 4.82. The zero-order valence-corrected chi connectivity index (χ0v) is 6.87. The molecule has 0 radical (unpaired) electrons. The molecule has 0 atom stereocenters. The Balaban J connectivity index is 0.000000461. The normalized spacial score (nSPS) is 7.82. The molecule has 60 valence electrons. The molecule has 0 amide bonds. The molecule has 1 aromatic rings. The van der Waals surface area contributed by atoms with Gasteiger partial charge >= 0.3 is 0 Å². The summed E-state index contributed by atoms with van der Waals surface area (Å²) in [6.45, 7) is 4.00. The molecule has 2 N–H and O–H groups in total. The largest absolute Gasteiger partial charge is 0.399 e. The summed E-state index contributed by atoms with van der Waals surface area (Å²) >= 11 is 0. The first kappa shape index (κ1) is 9.69. The number of carbonyl (C=O) groups excluding carboxylic acids is 1. The predicted octanol–water partition coefficient (Wildman–Crippen LogP) is 2.11. The van der Waals surface area contributed by atoms with E-state index in [9.17, 15) is 4.79 Å². The maximum Gasteiger partial charge on any atom is 0.150 e. The van der Waals surface area contributed by atoms with Gasteiger partial charge in [0.1, 0.15) is 6.29 Å². The number of nitrogen functional groups attached to an aromatic ring is 1. The van der Waals surface area contributed by atoms with Crippen LogP contribution in [0, 0.1) is 0 Å². The average molecular weight is 151 g/mol. The van der Waals surface area contributed by atoms with Gasteiger partial charge in [-0.3, -0.25) is 4.79 Å². The van der Waals surface area contributed by atoms with Crippen molar-refractivity contribution < 1.29 is 4.79 Å². The van der Waals surface area contributed by atoms with Gasteiger partial charge in [0.25, 0.3) is 0 Å². The lowest BCUT2D eigenvalue weighted by atomic mass is 10.2. The summed E-state index contributed by atoms with van der Waals surface area (Å²) in [5.74, 6) is 0. The minimum Gasteiger partial charge on any atom is -0.399 e. The van der Waals surface area contributed by atoms with Crippen molar-refractivity contribution in [2.75, 3.05) is 5.73 Å². The first-order valence-corrected chi connectivity index (χ1v) is 3.63. The number of benzene rings is 1. The number of hydrogen-bond donors (Lipinski definition) is 1. The highest BCUT2D eigenvalue weighted by molar-refractivity contribution is 5.76. The maximum absolute atomic E-state index is 10.1. The van der Waals surface area contributed by atoms with Crippen molar-refractivity contribution in [1.29, 1.82) is 0 Å². The molecule has 0 spiro atoms. The summed E-state index contributed by atoms with van der Waals surface area (Å²) < 4.78 is 0. The fraction of sp³-hybridized carbons (Fsp3) is 0.222. The molecule has 1 aromatic carbocycles. The zero-order chi connectivity index (χ0) is 8.69. The molecule has 0 aromatic heterocycles. The molecule has 0 fully saturated rings. The molecule has 0 aliphatic rings. The van der Waals surface area contributed by atoms with Crippen molar-refractivity contribution in [3.63, 3.8) is 0 Å². The van der Waals surface area contributed by atoms with Crippen LogP contribution in [0.15, 0.2) is 24.3 Å². The Morgan fingerprint density at radius 1 is 1.36 bits per heavy atom. The molecular formula is C9H13NO. The van der Waals surface area contributed by atoms with E-state index in [1.54, 1.807) is 24.3 Å². The summed E-state index contributed by atoms with van der Waals surface area (Å²) in [6, 6.07) is 6.84. The Labute approximate surface area is 67.0 Å². The number of rotatable bonds is 1. The quantitative estimate of drug-likeness (QED) is 0.493. The third kappa shape index (κ3) is 3.40. The minimum absolute atomic E-state index is 0.620. The summed E-state index contributed by atoms with van der Waals surface area (Å²) in [4.78, 5) is 10.1. The van der Waals surface area contributed by atoms with Gasteiger partial charge in [-0.25, -0.2) is 0 Å². The van der Waals surface area contributed by atoms with Gasteiger partial charge in [-0.15, -0.1) is 0 Å². The third-order valence-corrected chi connectivity index (χ3v) is 1.05. The molecule has 0 aliphatic heterocycles. The van der Waals surface area contributed by atoms with Gasteiger partial charge in [-0.05, 0) is 12.1 Å². The molecular weight excluding hydrogens is 138 g/mol.